The highest BCUT2D eigenvalue weighted by molar-refractivity contribution is 6.30. The first-order valence-corrected chi connectivity index (χ1v) is 12.5. The monoisotopic (exact) mass is 450 g/mol. The van der Waals surface area contributed by atoms with Crippen LogP contribution in [-0.2, 0) is 22.4 Å². The van der Waals surface area contributed by atoms with Gasteiger partial charge in [-0.3, -0.25) is 9.59 Å². The van der Waals surface area contributed by atoms with E-state index in [1.807, 2.05) is 60.6 Å². The Hall–Kier alpha value is -2.48. The molecule has 2 nitrogen and oxygen atoms in total. The average molecular weight is 451 g/mol. The van der Waals surface area contributed by atoms with Gasteiger partial charge in [0, 0.05) is 17.4 Å². The van der Waals surface area contributed by atoms with E-state index in [1.165, 1.54) is 16.7 Å². The lowest BCUT2D eigenvalue weighted by atomic mass is 9.76. The minimum absolute atomic E-state index is 0.139. The molecule has 0 amide bonds. The fraction of sp³-hybridized carbons (Fsp3) is 0.484. The van der Waals surface area contributed by atoms with Gasteiger partial charge in [0.2, 0.25) is 0 Å². The highest BCUT2D eigenvalue weighted by Crippen LogP contribution is 2.40. The molecule has 2 aromatic rings. The molecule has 33 heavy (non-hydrogen) atoms. The zero-order chi connectivity index (χ0) is 25.8. The van der Waals surface area contributed by atoms with Gasteiger partial charge >= 0.3 is 0 Å². The van der Waals surface area contributed by atoms with Crippen LogP contribution < -0.4 is 0 Å². The third-order valence-corrected chi connectivity index (χ3v) is 5.51. The summed E-state index contributed by atoms with van der Waals surface area (Å²) in [5.74, 6) is 0.820. The summed E-state index contributed by atoms with van der Waals surface area (Å²) in [6.45, 7) is 21.9. The van der Waals surface area contributed by atoms with Crippen molar-refractivity contribution in [3.63, 3.8) is 0 Å². The van der Waals surface area contributed by atoms with Crippen LogP contribution in [0.3, 0.4) is 0 Å². The Bertz CT molecular complexity index is 924. The average Bonchev–Trinajstić information content (AvgIpc) is 2.80. The molecule has 0 saturated carbocycles. The molecule has 0 bridgehead atoms. The molecule has 0 saturated heterocycles. The van der Waals surface area contributed by atoms with Crippen molar-refractivity contribution in [2.24, 2.45) is 11.3 Å². The van der Waals surface area contributed by atoms with Crippen molar-refractivity contribution < 1.29 is 9.59 Å². The number of fused-ring (bicyclic) bond motifs is 1. The van der Waals surface area contributed by atoms with Crippen molar-refractivity contribution in [3.8, 4) is 0 Å². The van der Waals surface area contributed by atoms with Gasteiger partial charge in [-0.05, 0) is 47.1 Å². The maximum absolute atomic E-state index is 12.9. The van der Waals surface area contributed by atoms with E-state index >= 15 is 0 Å². The minimum Gasteiger partial charge on any atom is -0.299 e. The van der Waals surface area contributed by atoms with Crippen LogP contribution in [0.1, 0.15) is 98.4 Å². The number of Topliss-reactive ketones (excluding diaryl/α,β-unsaturated/α-hetero) is 2. The molecule has 0 fully saturated rings. The van der Waals surface area contributed by atoms with Crippen molar-refractivity contribution in [2.75, 3.05) is 0 Å². The summed E-state index contributed by atoms with van der Waals surface area (Å²) in [4.78, 5) is 23.3. The molecule has 1 aliphatic carbocycles. The van der Waals surface area contributed by atoms with E-state index in [-0.39, 0.29) is 17.0 Å². The molecule has 0 radical (unpaired) electrons. The molecule has 0 unspecified atom stereocenters. The first-order valence-electron chi connectivity index (χ1n) is 12.5. The summed E-state index contributed by atoms with van der Waals surface area (Å²) in [5, 5.41) is 0. The zero-order valence-corrected chi connectivity index (χ0v) is 22.9. The number of benzene rings is 2. The number of carbonyl (C=O) groups excluding carboxylic acids is 2. The van der Waals surface area contributed by atoms with Gasteiger partial charge in [0.1, 0.15) is 5.78 Å². The Kier molecular flexibility index (Phi) is 13.5. The van der Waals surface area contributed by atoms with Crippen molar-refractivity contribution >= 4 is 22.7 Å². The van der Waals surface area contributed by atoms with Crippen molar-refractivity contribution in [1.82, 2.24) is 0 Å². The molecule has 3 rings (SSSR count). The van der Waals surface area contributed by atoms with Gasteiger partial charge in [0.15, 0.2) is 5.78 Å². The van der Waals surface area contributed by atoms with Crippen LogP contribution in [0.25, 0.3) is 11.1 Å². The van der Waals surface area contributed by atoms with E-state index in [9.17, 15) is 9.59 Å². The van der Waals surface area contributed by atoms with Gasteiger partial charge in [-0.25, -0.2) is 0 Å². The number of aryl methyl sites for hydroxylation is 1. The quantitative estimate of drug-likeness (QED) is 0.469. The Balaban J connectivity index is 0.000000793. The second-order valence-corrected chi connectivity index (χ2v) is 9.02. The predicted octanol–water partition coefficient (Wildman–Crippen LogP) is 8.61. The number of ketones is 2. The van der Waals surface area contributed by atoms with E-state index in [1.54, 1.807) is 6.92 Å². The molecule has 1 aliphatic rings. The van der Waals surface area contributed by atoms with E-state index < -0.39 is 0 Å². The Labute approximate surface area is 203 Å². The van der Waals surface area contributed by atoms with Crippen LogP contribution in [0.4, 0.5) is 0 Å². The molecule has 0 spiro atoms. The Morgan fingerprint density at radius 2 is 1.33 bits per heavy atom. The molecular formula is C31H46O2. The molecular weight excluding hydrogens is 404 g/mol. The normalized spacial score (nSPS) is 12.4. The van der Waals surface area contributed by atoms with Crippen LogP contribution in [0, 0.1) is 11.3 Å². The maximum atomic E-state index is 12.9. The largest absolute Gasteiger partial charge is 0.299 e. The van der Waals surface area contributed by atoms with Crippen molar-refractivity contribution in [2.45, 2.75) is 89.0 Å². The highest BCUT2D eigenvalue weighted by atomic mass is 16.1. The van der Waals surface area contributed by atoms with Crippen molar-refractivity contribution in [3.05, 3.63) is 70.8 Å². The molecule has 0 aliphatic heterocycles. The summed E-state index contributed by atoms with van der Waals surface area (Å²) >= 11 is 0. The maximum Gasteiger partial charge on any atom is 0.168 e. The van der Waals surface area contributed by atoms with Crippen LogP contribution in [0.2, 0.25) is 0 Å². The first-order chi connectivity index (χ1) is 15.6. The van der Waals surface area contributed by atoms with Gasteiger partial charge in [-0.2, -0.15) is 0 Å². The number of carbonyl (C=O) groups is 2. The lowest BCUT2D eigenvalue weighted by Crippen LogP contribution is -2.18. The molecule has 2 aromatic carbocycles. The number of hydrogen-bond donors (Lipinski definition) is 0. The SMILES string of the molecule is CC.CC.CC(=O)C(C)(C)C.CCc1ccccc1C1=C(C(C)C)c2ccccc2CC1=O. The second kappa shape index (κ2) is 14.6. The number of allylic oxidation sites excluding steroid dienone is 2. The molecule has 0 atom stereocenters. The van der Waals surface area contributed by atoms with Crippen LogP contribution >= 0.6 is 0 Å². The number of hydrogen-bond acceptors (Lipinski definition) is 2. The summed E-state index contributed by atoms with van der Waals surface area (Å²) in [6, 6.07) is 16.7. The van der Waals surface area contributed by atoms with E-state index in [0.29, 0.717) is 12.3 Å². The van der Waals surface area contributed by atoms with Crippen LogP contribution in [0.5, 0.6) is 0 Å². The fourth-order valence-electron chi connectivity index (χ4n) is 3.45. The first kappa shape index (κ1) is 30.5. The third kappa shape index (κ3) is 8.42. The second-order valence-electron chi connectivity index (χ2n) is 9.02. The van der Waals surface area contributed by atoms with Crippen LogP contribution in [-0.4, -0.2) is 11.6 Å². The lowest BCUT2D eigenvalue weighted by molar-refractivity contribution is -0.124. The summed E-state index contributed by atoms with van der Waals surface area (Å²) in [5.41, 5.74) is 6.78. The van der Waals surface area contributed by atoms with Gasteiger partial charge in [0.05, 0.1) is 0 Å². The van der Waals surface area contributed by atoms with Crippen molar-refractivity contribution in [1.29, 1.82) is 0 Å². The predicted molar refractivity (Wildman–Crippen MR) is 145 cm³/mol. The van der Waals surface area contributed by atoms with Gasteiger partial charge in [-0.1, -0.05) is 118 Å². The van der Waals surface area contributed by atoms with Crippen LogP contribution in [0.15, 0.2) is 48.5 Å². The number of rotatable bonds is 3. The molecule has 0 N–H and O–H groups in total. The smallest absolute Gasteiger partial charge is 0.168 e. The van der Waals surface area contributed by atoms with E-state index in [4.69, 9.17) is 0 Å². The highest BCUT2D eigenvalue weighted by Gasteiger charge is 2.28. The van der Waals surface area contributed by atoms with E-state index in [0.717, 1.165) is 23.1 Å². The molecule has 2 heteroatoms. The van der Waals surface area contributed by atoms with E-state index in [2.05, 4.69) is 57.2 Å². The van der Waals surface area contributed by atoms with Gasteiger partial charge in [-0.15, -0.1) is 0 Å². The molecule has 182 valence electrons. The Morgan fingerprint density at radius 3 is 1.79 bits per heavy atom. The minimum atomic E-state index is -0.139. The summed E-state index contributed by atoms with van der Waals surface area (Å²) in [7, 11) is 0. The standard InChI is InChI=1S/C21H22O.C6H12O.2C2H6/c1-4-15-9-5-7-11-17(15)21-19(22)13-16-10-6-8-12-18(16)20(21)14(2)3;1-5(7)6(2,3)4;2*1-2/h5-12,14H,4,13H2,1-3H3;1-4H3;2*1-2H3. The summed E-state index contributed by atoms with van der Waals surface area (Å²) in [6.07, 6.45) is 1.46. The fourth-order valence-corrected chi connectivity index (χ4v) is 3.45. The lowest BCUT2D eigenvalue weighted by Gasteiger charge is -2.26. The zero-order valence-electron chi connectivity index (χ0n) is 22.9. The summed E-state index contributed by atoms with van der Waals surface area (Å²) < 4.78 is 0. The third-order valence-electron chi connectivity index (χ3n) is 5.51. The topological polar surface area (TPSA) is 34.1 Å². The molecule has 0 aromatic heterocycles. The van der Waals surface area contributed by atoms with Gasteiger partial charge in [0.25, 0.3) is 0 Å². The molecule has 0 heterocycles. The van der Waals surface area contributed by atoms with Gasteiger partial charge < -0.3 is 0 Å². The Morgan fingerprint density at radius 1 is 0.879 bits per heavy atom.